The molecule has 0 aromatic carbocycles. The van der Waals surface area contributed by atoms with Gasteiger partial charge in [-0.25, -0.2) is 0 Å². The van der Waals surface area contributed by atoms with Gasteiger partial charge < -0.3 is 0 Å². The second-order valence-electron chi connectivity index (χ2n) is 7.52. The van der Waals surface area contributed by atoms with Gasteiger partial charge in [0.15, 0.2) is 0 Å². The molecule has 1 atom stereocenters. The summed E-state index contributed by atoms with van der Waals surface area (Å²) in [6.45, 7) is 13.4. The Kier molecular flexibility index (Phi) is 16.3. The van der Waals surface area contributed by atoms with E-state index < -0.39 is 18.4 Å². The molecule has 0 aliphatic carbocycles. The van der Waals surface area contributed by atoms with Crippen LogP contribution in [0.1, 0.15) is 73.1 Å². The van der Waals surface area contributed by atoms with Crippen LogP contribution in [0, 0.1) is 5.92 Å². The van der Waals surface area contributed by atoms with Gasteiger partial charge in [-0.2, -0.15) is 0 Å². The normalized spacial score (nSPS) is 13.6. The van der Waals surface area contributed by atoms with Gasteiger partial charge in [-0.3, -0.25) is 0 Å². The van der Waals surface area contributed by atoms with E-state index in [1.165, 1.54) is 51.8 Å². The molecule has 0 heterocycles. The first-order valence-electron chi connectivity index (χ1n) is 10.3. The van der Waals surface area contributed by atoms with Gasteiger partial charge >= 0.3 is 156 Å². The summed E-state index contributed by atoms with van der Waals surface area (Å²) in [6, 6.07) is 0. The zero-order valence-electron chi connectivity index (χ0n) is 17.4. The molecule has 0 amide bonds. The fourth-order valence-electron chi connectivity index (χ4n) is 3.79. The van der Waals surface area contributed by atoms with E-state index in [2.05, 4.69) is 34.6 Å². The fraction of sp³-hybridized carbons (Fsp3) is 1.00. The monoisotopic (exact) mass is 452 g/mol. The number of hydrogen-bond donors (Lipinski definition) is 0. The van der Waals surface area contributed by atoms with Crippen molar-refractivity contribution in [3.63, 3.8) is 0 Å². The molecule has 1 unspecified atom stereocenters. The Balaban J connectivity index is 5.04. The van der Waals surface area contributed by atoms with Gasteiger partial charge in [0.05, 0.1) is 0 Å². The molecule has 0 aromatic rings. The maximum absolute atomic E-state index is 6.42. The van der Waals surface area contributed by atoms with Gasteiger partial charge in [-0.05, 0) is 0 Å². The molecule has 0 N–H and O–H groups in total. The van der Waals surface area contributed by atoms with E-state index in [1.807, 2.05) is 0 Å². The van der Waals surface area contributed by atoms with Gasteiger partial charge in [0.2, 0.25) is 0 Å². The summed E-state index contributed by atoms with van der Waals surface area (Å²) >= 11 is -2.35. The standard InChI is InChI=1S/C8H17O3.3C4H9.Sn/c1-8(2)6-11-7-10-5-4-9-3;3*1-3-4-2;/h6,8H,4-5,7H2,1-3H3;3*1,3-4H2,2H3;. The Morgan fingerprint density at radius 1 is 0.792 bits per heavy atom. The molecule has 0 aliphatic rings. The zero-order chi connectivity index (χ0) is 18.3. The summed E-state index contributed by atoms with van der Waals surface area (Å²) < 4.78 is 22.1. The van der Waals surface area contributed by atoms with E-state index in [-0.39, 0.29) is 0 Å². The average Bonchev–Trinajstić information content (AvgIpc) is 2.58. The van der Waals surface area contributed by atoms with Crippen LogP contribution in [0.2, 0.25) is 13.3 Å². The molecule has 146 valence electrons. The molecule has 0 fully saturated rings. The number of ether oxygens (including phenoxy) is 3. The molecule has 0 saturated carbocycles. The number of rotatable bonds is 17. The van der Waals surface area contributed by atoms with E-state index >= 15 is 0 Å². The quantitative estimate of drug-likeness (QED) is 0.153. The second-order valence-corrected chi connectivity index (χ2v) is 21.2. The van der Waals surface area contributed by atoms with E-state index in [0.29, 0.717) is 30.0 Å². The second kappa shape index (κ2) is 15.9. The Morgan fingerprint density at radius 2 is 1.29 bits per heavy atom. The van der Waals surface area contributed by atoms with Crippen molar-refractivity contribution >= 4 is 18.4 Å². The summed E-state index contributed by atoms with van der Waals surface area (Å²) in [4.78, 5) is 0. The first-order chi connectivity index (χ1) is 11.6. The molecule has 4 heteroatoms. The van der Waals surface area contributed by atoms with E-state index in [1.54, 1.807) is 7.11 Å². The number of methoxy groups -OCH3 is 1. The van der Waals surface area contributed by atoms with Gasteiger partial charge in [-0.15, -0.1) is 0 Å². The van der Waals surface area contributed by atoms with E-state index in [9.17, 15) is 0 Å². The Morgan fingerprint density at radius 3 is 1.67 bits per heavy atom. The van der Waals surface area contributed by atoms with Crippen molar-refractivity contribution in [2.75, 3.05) is 27.1 Å². The summed E-state index contributed by atoms with van der Waals surface area (Å²) in [5.74, 6) is 0.609. The van der Waals surface area contributed by atoms with Crippen LogP contribution in [0.3, 0.4) is 0 Å². The van der Waals surface area contributed by atoms with E-state index in [0.717, 1.165) is 0 Å². The fourth-order valence-corrected chi connectivity index (χ4v) is 22.7. The Bertz CT molecular complexity index is 250. The number of hydrogen-bond acceptors (Lipinski definition) is 3. The summed E-state index contributed by atoms with van der Waals surface area (Å²) in [6.07, 6.45) is 8.10. The maximum atomic E-state index is 6.42. The van der Waals surface area contributed by atoms with Crippen LogP contribution >= 0.6 is 0 Å². The summed E-state index contributed by atoms with van der Waals surface area (Å²) in [5.41, 5.74) is 0. The van der Waals surface area contributed by atoms with Gasteiger partial charge in [0.25, 0.3) is 0 Å². The van der Waals surface area contributed by atoms with Crippen LogP contribution < -0.4 is 0 Å². The van der Waals surface area contributed by atoms with Crippen LogP contribution in [0.4, 0.5) is 0 Å². The molecule has 0 bridgehead atoms. The van der Waals surface area contributed by atoms with Crippen molar-refractivity contribution in [2.24, 2.45) is 5.92 Å². The molecule has 0 aliphatic heterocycles. The van der Waals surface area contributed by atoms with Gasteiger partial charge in [0, 0.05) is 0 Å². The molecule has 0 spiro atoms. The summed E-state index contributed by atoms with van der Waals surface area (Å²) in [5, 5.41) is 0. The molecule has 24 heavy (non-hydrogen) atoms. The van der Waals surface area contributed by atoms with Crippen molar-refractivity contribution in [2.45, 2.75) is 90.6 Å². The van der Waals surface area contributed by atoms with Crippen molar-refractivity contribution in [1.82, 2.24) is 0 Å². The minimum atomic E-state index is -2.35. The van der Waals surface area contributed by atoms with Crippen LogP contribution in [-0.4, -0.2) is 49.6 Å². The van der Waals surface area contributed by atoms with E-state index in [4.69, 9.17) is 14.2 Å². The first-order valence-corrected chi connectivity index (χ1v) is 18.0. The SMILES string of the molecule is CCC[CH2][Sn]([CH2]CCC)([CH2]CCC)[CH](OCOCCOC)C(C)C. The third-order valence-corrected chi connectivity index (χ3v) is 22.4. The van der Waals surface area contributed by atoms with Crippen molar-refractivity contribution in [1.29, 1.82) is 0 Å². The third kappa shape index (κ3) is 9.98. The van der Waals surface area contributed by atoms with Crippen LogP contribution in [0.25, 0.3) is 0 Å². The van der Waals surface area contributed by atoms with Crippen molar-refractivity contribution < 1.29 is 14.2 Å². The predicted molar refractivity (Wildman–Crippen MR) is 107 cm³/mol. The Hall–Kier alpha value is 0.679. The predicted octanol–water partition coefficient (Wildman–Crippen LogP) is 6.04. The molecular formula is C20H44O3Sn. The van der Waals surface area contributed by atoms with Crippen LogP contribution in [0.15, 0.2) is 0 Å². The topological polar surface area (TPSA) is 27.7 Å². The van der Waals surface area contributed by atoms with Crippen molar-refractivity contribution in [3.05, 3.63) is 0 Å². The number of unbranched alkanes of at least 4 members (excludes halogenated alkanes) is 3. The molecule has 0 radical (unpaired) electrons. The molecular weight excluding hydrogens is 407 g/mol. The molecule has 0 aromatic heterocycles. The zero-order valence-corrected chi connectivity index (χ0v) is 20.2. The molecule has 3 nitrogen and oxygen atoms in total. The third-order valence-electron chi connectivity index (χ3n) is 5.06. The summed E-state index contributed by atoms with van der Waals surface area (Å²) in [7, 11) is 1.71. The van der Waals surface area contributed by atoms with Crippen LogP contribution in [0.5, 0.6) is 0 Å². The molecule has 0 rings (SSSR count). The first kappa shape index (κ1) is 24.7. The van der Waals surface area contributed by atoms with Crippen molar-refractivity contribution in [3.8, 4) is 0 Å². The minimum absolute atomic E-state index is 0.440. The average molecular weight is 451 g/mol. The van der Waals surface area contributed by atoms with Gasteiger partial charge in [0.1, 0.15) is 0 Å². The Labute approximate surface area is 156 Å². The van der Waals surface area contributed by atoms with Gasteiger partial charge in [-0.1, -0.05) is 0 Å². The van der Waals surface area contributed by atoms with Crippen LogP contribution in [-0.2, 0) is 14.2 Å². The molecule has 0 saturated heterocycles.